The molecule has 0 bridgehead atoms. The number of hydrogen-bond donors (Lipinski definition) is 1. The Morgan fingerprint density at radius 1 is 1.42 bits per heavy atom. The first-order valence-corrected chi connectivity index (χ1v) is 9.92. The highest BCUT2D eigenvalue weighted by Gasteiger charge is 2.25. The maximum atomic E-state index is 11.5. The van der Waals surface area contributed by atoms with Gasteiger partial charge in [0.1, 0.15) is 0 Å². The molecular formula is C19H25N3OS. The van der Waals surface area contributed by atoms with Crippen LogP contribution in [-0.4, -0.2) is 27.4 Å². The van der Waals surface area contributed by atoms with Crippen molar-refractivity contribution in [2.24, 2.45) is 5.92 Å². The number of H-pyrrole nitrogens is 1. The first-order valence-electron chi connectivity index (χ1n) is 9.04. The highest BCUT2D eigenvalue weighted by atomic mass is 32.1. The summed E-state index contributed by atoms with van der Waals surface area (Å²) in [4.78, 5) is 14.8. The van der Waals surface area contributed by atoms with E-state index >= 15 is 0 Å². The molecule has 3 heterocycles. The average Bonchev–Trinajstić information content (AvgIpc) is 3.30. The van der Waals surface area contributed by atoms with Crippen molar-refractivity contribution < 1.29 is 4.79 Å². The summed E-state index contributed by atoms with van der Waals surface area (Å²) in [5.41, 5.74) is 5.34. The standard InChI is InChI=1S/C19H25N3OS/c1-13(23)19-9-15(12-24-19)10-22-7-6-17-16(11-22)18(21-20-17)8-14-4-2-3-5-14/h9,12,14H,2-8,10-11H2,1H3,(H,20,21). The number of ketones is 1. The topological polar surface area (TPSA) is 49.0 Å². The van der Waals surface area contributed by atoms with Crippen molar-refractivity contribution in [1.29, 1.82) is 0 Å². The van der Waals surface area contributed by atoms with E-state index < -0.39 is 0 Å². The van der Waals surface area contributed by atoms with Crippen LogP contribution < -0.4 is 0 Å². The van der Waals surface area contributed by atoms with E-state index in [1.165, 1.54) is 48.2 Å². The fourth-order valence-electron chi connectivity index (χ4n) is 4.10. The second kappa shape index (κ2) is 6.81. The van der Waals surface area contributed by atoms with E-state index in [9.17, 15) is 4.79 Å². The summed E-state index contributed by atoms with van der Waals surface area (Å²) >= 11 is 1.56. The van der Waals surface area contributed by atoms with Crippen molar-refractivity contribution >= 4 is 17.1 Å². The fraction of sp³-hybridized carbons (Fsp3) is 0.579. The fourth-order valence-corrected chi connectivity index (χ4v) is 4.91. The number of aromatic amines is 1. The Kier molecular flexibility index (Phi) is 4.55. The number of carbonyl (C=O) groups is 1. The lowest BCUT2D eigenvalue weighted by molar-refractivity contribution is 0.102. The Morgan fingerprint density at radius 3 is 3.00 bits per heavy atom. The molecule has 1 saturated carbocycles. The molecule has 1 aliphatic heterocycles. The summed E-state index contributed by atoms with van der Waals surface area (Å²) < 4.78 is 0. The maximum Gasteiger partial charge on any atom is 0.169 e. The quantitative estimate of drug-likeness (QED) is 0.836. The molecule has 2 aliphatic rings. The number of rotatable bonds is 5. The first-order chi connectivity index (χ1) is 11.7. The number of Topliss-reactive ketones (excluding diaryl/α,β-unsaturated/α-hetero) is 1. The number of carbonyl (C=O) groups excluding carboxylic acids is 1. The summed E-state index contributed by atoms with van der Waals surface area (Å²) in [7, 11) is 0. The smallest absolute Gasteiger partial charge is 0.169 e. The lowest BCUT2D eigenvalue weighted by atomic mass is 9.96. The number of nitrogens with one attached hydrogen (secondary N) is 1. The van der Waals surface area contributed by atoms with E-state index in [0.29, 0.717) is 0 Å². The second-order valence-electron chi connectivity index (χ2n) is 7.32. The van der Waals surface area contributed by atoms with Gasteiger partial charge in [0.05, 0.1) is 10.6 Å². The van der Waals surface area contributed by atoms with E-state index in [-0.39, 0.29) is 5.78 Å². The van der Waals surface area contributed by atoms with Crippen molar-refractivity contribution in [3.63, 3.8) is 0 Å². The highest BCUT2D eigenvalue weighted by Crippen LogP contribution is 2.30. The number of nitrogens with zero attached hydrogens (tertiary/aromatic N) is 2. The van der Waals surface area contributed by atoms with Crippen LogP contribution in [0.15, 0.2) is 11.4 Å². The summed E-state index contributed by atoms with van der Waals surface area (Å²) in [5, 5.41) is 10.0. The zero-order chi connectivity index (χ0) is 16.5. The average molecular weight is 343 g/mol. The van der Waals surface area contributed by atoms with Crippen molar-refractivity contribution in [2.75, 3.05) is 6.54 Å². The predicted octanol–water partition coefficient (Wildman–Crippen LogP) is 3.96. The monoisotopic (exact) mass is 343 g/mol. The minimum atomic E-state index is 0.167. The Balaban J connectivity index is 1.44. The molecule has 1 N–H and O–H groups in total. The van der Waals surface area contributed by atoms with Crippen molar-refractivity contribution in [3.05, 3.63) is 38.8 Å². The molecule has 2 aromatic rings. The molecule has 0 aromatic carbocycles. The molecule has 0 amide bonds. The first kappa shape index (κ1) is 16.0. The Morgan fingerprint density at radius 2 is 2.25 bits per heavy atom. The molecule has 0 saturated heterocycles. The van der Waals surface area contributed by atoms with E-state index in [1.54, 1.807) is 18.3 Å². The van der Waals surface area contributed by atoms with E-state index in [2.05, 4.69) is 26.5 Å². The molecule has 0 unspecified atom stereocenters. The molecule has 2 aromatic heterocycles. The van der Waals surface area contributed by atoms with E-state index in [0.717, 1.165) is 43.3 Å². The molecule has 0 radical (unpaired) electrons. The van der Waals surface area contributed by atoms with Gasteiger partial charge in [0.15, 0.2) is 5.78 Å². The SMILES string of the molecule is CC(=O)c1cc(CN2CCc3[nH]nc(CC4CCCC4)c3C2)cs1. The van der Waals surface area contributed by atoms with Gasteiger partial charge in [0, 0.05) is 37.3 Å². The van der Waals surface area contributed by atoms with E-state index in [1.807, 2.05) is 0 Å². The van der Waals surface area contributed by atoms with E-state index in [4.69, 9.17) is 0 Å². The van der Waals surface area contributed by atoms with Crippen LogP contribution in [0.25, 0.3) is 0 Å². The van der Waals surface area contributed by atoms with Crippen LogP contribution in [0, 0.1) is 5.92 Å². The zero-order valence-electron chi connectivity index (χ0n) is 14.3. The molecule has 24 heavy (non-hydrogen) atoms. The molecule has 128 valence electrons. The number of fused-ring (bicyclic) bond motifs is 1. The second-order valence-corrected chi connectivity index (χ2v) is 8.23. The van der Waals surface area contributed by atoms with Crippen LogP contribution in [0.5, 0.6) is 0 Å². The predicted molar refractivity (Wildman–Crippen MR) is 96.4 cm³/mol. The molecule has 1 fully saturated rings. The van der Waals surface area contributed by atoms with Crippen LogP contribution in [0.2, 0.25) is 0 Å². The Bertz CT molecular complexity index is 727. The lowest BCUT2D eigenvalue weighted by Crippen LogP contribution is -2.30. The molecule has 4 rings (SSSR count). The van der Waals surface area contributed by atoms with Gasteiger partial charge in [-0.3, -0.25) is 14.8 Å². The van der Waals surface area contributed by atoms with Gasteiger partial charge in [-0.05, 0) is 36.3 Å². The van der Waals surface area contributed by atoms with Crippen LogP contribution in [0.4, 0.5) is 0 Å². The minimum absolute atomic E-state index is 0.167. The summed E-state index contributed by atoms with van der Waals surface area (Å²) in [6.45, 7) is 4.61. The lowest BCUT2D eigenvalue weighted by Gasteiger charge is -2.27. The summed E-state index contributed by atoms with van der Waals surface area (Å²) in [6.07, 6.45) is 7.71. The molecular weight excluding hydrogens is 318 g/mol. The van der Waals surface area contributed by atoms with Gasteiger partial charge in [0.25, 0.3) is 0 Å². The van der Waals surface area contributed by atoms with Crippen LogP contribution >= 0.6 is 11.3 Å². The minimum Gasteiger partial charge on any atom is -0.294 e. The summed E-state index contributed by atoms with van der Waals surface area (Å²) in [6, 6.07) is 2.05. The van der Waals surface area contributed by atoms with Gasteiger partial charge in [0.2, 0.25) is 0 Å². The molecule has 0 atom stereocenters. The number of aromatic nitrogens is 2. The van der Waals surface area contributed by atoms with Crippen LogP contribution in [0.1, 0.15) is 64.8 Å². The third-order valence-electron chi connectivity index (χ3n) is 5.46. The number of thiophene rings is 1. The van der Waals surface area contributed by atoms with Gasteiger partial charge in [-0.25, -0.2) is 0 Å². The van der Waals surface area contributed by atoms with Gasteiger partial charge in [-0.2, -0.15) is 5.10 Å². The van der Waals surface area contributed by atoms with Gasteiger partial charge in [-0.1, -0.05) is 25.7 Å². The molecule has 1 aliphatic carbocycles. The van der Waals surface area contributed by atoms with Crippen molar-refractivity contribution in [3.8, 4) is 0 Å². The Hall–Kier alpha value is -1.46. The summed E-state index contributed by atoms with van der Waals surface area (Å²) in [5.74, 6) is 1.00. The van der Waals surface area contributed by atoms with Crippen molar-refractivity contribution in [2.45, 2.75) is 58.5 Å². The third kappa shape index (κ3) is 3.33. The molecule has 5 heteroatoms. The molecule has 0 spiro atoms. The number of hydrogen-bond acceptors (Lipinski definition) is 4. The van der Waals surface area contributed by atoms with Crippen LogP contribution in [0.3, 0.4) is 0 Å². The third-order valence-corrected chi connectivity index (χ3v) is 6.54. The van der Waals surface area contributed by atoms with Crippen molar-refractivity contribution in [1.82, 2.24) is 15.1 Å². The molecule has 4 nitrogen and oxygen atoms in total. The van der Waals surface area contributed by atoms with Gasteiger partial charge >= 0.3 is 0 Å². The largest absolute Gasteiger partial charge is 0.294 e. The Labute approximate surface area is 147 Å². The highest BCUT2D eigenvalue weighted by molar-refractivity contribution is 7.12. The zero-order valence-corrected chi connectivity index (χ0v) is 15.1. The normalized spacial score (nSPS) is 18.9. The maximum absolute atomic E-state index is 11.5. The van der Waals surface area contributed by atoms with Crippen LogP contribution in [-0.2, 0) is 25.9 Å². The van der Waals surface area contributed by atoms with Gasteiger partial charge in [-0.15, -0.1) is 11.3 Å². The van der Waals surface area contributed by atoms with Gasteiger partial charge < -0.3 is 0 Å².